The van der Waals surface area contributed by atoms with Gasteiger partial charge in [-0.05, 0) is 25.9 Å². The molecule has 0 aromatic carbocycles. The lowest BCUT2D eigenvalue weighted by Crippen LogP contribution is -2.14. The zero-order valence-corrected chi connectivity index (χ0v) is 6.39. The van der Waals surface area contributed by atoms with Gasteiger partial charge in [0, 0.05) is 6.42 Å². The largest absolute Gasteiger partial charge is 0.481 e. The van der Waals surface area contributed by atoms with Gasteiger partial charge in [-0.3, -0.25) is 4.79 Å². The Morgan fingerprint density at radius 1 is 1.50 bits per heavy atom. The highest BCUT2D eigenvalue weighted by Crippen LogP contribution is 1.92. The number of unbranched alkanes of at least 4 members (excludes halogenated alkanes) is 1. The Labute approximate surface area is 61.4 Å². The fourth-order valence-corrected chi connectivity index (χ4v) is 0.703. The average molecular weight is 145 g/mol. The number of hydrogen-bond donors (Lipinski definition) is 2. The molecule has 0 radical (unpaired) electrons. The van der Waals surface area contributed by atoms with Crippen molar-refractivity contribution in [2.45, 2.75) is 26.2 Å². The fraction of sp³-hybridized carbons (Fsp3) is 0.857. The van der Waals surface area contributed by atoms with Gasteiger partial charge in [0.15, 0.2) is 0 Å². The highest BCUT2D eigenvalue weighted by Gasteiger charge is 1.94. The topological polar surface area (TPSA) is 49.3 Å². The first-order valence-electron chi connectivity index (χ1n) is 3.70. The molecule has 0 atom stereocenters. The first kappa shape index (κ1) is 9.43. The molecule has 0 unspecified atom stereocenters. The van der Waals surface area contributed by atoms with Crippen molar-refractivity contribution in [1.82, 2.24) is 5.32 Å². The summed E-state index contributed by atoms with van der Waals surface area (Å²) in [7, 11) is 0. The third kappa shape index (κ3) is 7.43. The van der Waals surface area contributed by atoms with Gasteiger partial charge in [-0.15, -0.1) is 0 Å². The predicted molar refractivity (Wildman–Crippen MR) is 40.0 cm³/mol. The lowest BCUT2D eigenvalue weighted by atomic mass is 10.2. The molecule has 0 saturated heterocycles. The van der Waals surface area contributed by atoms with E-state index in [-0.39, 0.29) is 0 Å². The minimum Gasteiger partial charge on any atom is -0.481 e. The lowest BCUT2D eigenvalue weighted by molar-refractivity contribution is -0.137. The zero-order valence-electron chi connectivity index (χ0n) is 6.39. The van der Waals surface area contributed by atoms with E-state index >= 15 is 0 Å². The van der Waals surface area contributed by atoms with E-state index in [0.717, 1.165) is 25.9 Å². The van der Waals surface area contributed by atoms with E-state index in [1.165, 1.54) is 0 Å². The van der Waals surface area contributed by atoms with Crippen molar-refractivity contribution in [3.63, 3.8) is 0 Å². The van der Waals surface area contributed by atoms with E-state index in [4.69, 9.17) is 5.11 Å². The van der Waals surface area contributed by atoms with Gasteiger partial charge in [-0.1, -0.05) is 6.92 Å². The van der Waals surface area contributed by atoms with Crippen LogP contribution in [0.25, 0.3) is 0 Å². The highest BCUT2D eigenvalue weighted by atomic mass is 16.4. The SMILES string of the molecule is CCNCCCCC(=O)O. The highest BCUT2D eigenvalue weighted by molar-refractivity contribution is 5.66. The minimum atomic E-state index is -0.698. The van der Waals surface area contributed by atoms with E-state index in [0.29, 0.717) is 6.42 Å². The van der Waals surface area contributed by atoms with Crippen LogP contribution in [0.1, 0.15) is 26.2 Å². The quantitative estimate of drug-likeness (QED) is 0.545. The summed E-state index contributed by atoms with van der Waals surface area (Å²) in [5.74, 6) is -0.698. The Morgan fingerprint density at radius 3 is 2.70 bits per heavy atom. The molecule has 3 heteroatoms. The number of nitrogens with one attached hydrogen (secondary N) is 1. The van der Waals surface area contributed by atoms with Crippen molar-refractivity contribution >= 4 is 5.97 Å². The summed E-state index contributed by atoms with van der Waals surface area (Å²) in [6.45, 7) is 3.94. The molecule has 0 saturated carbocycles. The summed E-state index contributed by atoms with van der Waals surface area (Å²) in [5, 5.41) is 11.4. The van der Waals surface area contributed by atoms with Crippen LogP contribution in [0, 0.1) is 0 Å². The third-order valence-corrected chi connectivity index (χ3v) is 1.24. The molecule has 3 nitrogen and oxygen atoms in total. The Morgan fingerprint density at radius 2 is 2.20 bits per heavy atom. The first-order chi connectivity index (χ1) is 4.77. The maximum atomic E-state index is 10.0. The number of carbonyl (C=O) groups is 1. The molecule has 0 fully saturated rings. The number of carboxylic acid groups (broad SMARTS) is 1. The average Bonchev–Trinajstić information content (AvgIpc) is 1.87. The van der Waals surface area contributed by atoms with Crippen molar-refractivity contribution in [2.75, 3.05) is 13.1 Å². The van der Waals surface area contributed by atoms with Gasteiger partial charge in [0.2, 0.25) is 0 Å². The second-order valence-electron chi connectivity index (χ2n) is 2.20. The van der Waals surface area contributed by atoms with Crippen LogP contribution in [-0.2, 0) is 4.79 Å². The Hall–Kier alpha value is -0.570. The summed E-state index contributed by atoms with van der Waals surface area (Å²) < 4.78 is 0. The Balaban J connectivity index is 2.84. The maximum Gasteiger partial charge on any atom is 0.303 e. The van der Waals surface area contributed by atoms with E-state index in [1.54, 1.807) is 0 Å². The van der Waals surface area contributed by atoms with Crippen LogP contribution in [0.5, 0.6) is 0 Å². The molecule has 2 N–H and O–H groups in total. The van der Waals surface area contributed by atoms with Gasteiger partial charge in [-0.2, -0.15) is 0 Å². The van der Waals surface area contributed by atoms with Gasteiger partial charge in [0.25, 0.3) is 0 Å². The van der Waals surface area contributed by atoms with Gasteiger partial charge in [0.05, 0.1) is 0 Å². The molecular weight excluding hydrogens is 130 g/mol. The molecule has 0 amide bonds. The van der Waals surface area contributed by atoms with E-state index in [2.05, 4.69) is 5.32 Å². The molecule has 0 aromatic heterocycles. The van der Waals surface area contributed by atoms with Crippen LogP contribution >= 0.6 is 0 Å². The van der Waals surface area contributed by atoms with E-state index < -0.39 is 5.97 Å². The van der Waals surface area contributed by atoms with Gasteiger partial charge in [0.1, 0.15) is 0 Å². The molecule has 0 aliphatic rings. The van der Waals surface area contributed by atoms with Crippen LogP contribution < -0.4 is 5.32 Å². The Kier molecular flexibility index (Phi) is 6.18. The molecule has 0 spiro atoms. The number of aliphatic carboxylic acids is 1. The molecular formula is C7H15NO2. The third-order valence-electron chi connectivity index (χ3n) is 1.24. The minimum absolute atomic E-state index is 0.297. The molecule has 0 aliphatic carbocycles. The second-order valence-corrected chi connectivity index (χ2v) is 2.20. The van der Waals surface area contributed by atoms with Crippen molar-refractivity contribution in [2.24, 2.45) is 0 Å². The second kappa shape index (κ2) is 6.55. The van der Waals surface area contributed by atoms with Crippen LogP contribution in [0.3, 0.4) is 0 Å². The summed E-state index contributed by atoms with van der Waals surface area (Å²) in [6, 6.07) is 0. The van der Waals surface area contributed by atoms with Crippen molar-refractivity contribution in [3.8, 4) is 0 Å². The van der Waals surface area contributed by atoms with Crippen molar-refractivity contribution < 1.29 is 9.90 Å². The molecule has 60 valence electrons. The number of hydrogen-bond acceptors (Lipinski definition) is 2. The van der Waals surface area contributed by atoms with E-state index in [1.807, 2.05) is 6.92 Å². The molecule has 0 aromatic rings. The summed E-state index contributed by atoms with van der Waals surface area (Å²) in [4.78, 5) is 10.0. The van der Waals surface area contributed by atoms with Crippen molar-refractivity contribution in [3.05, 3.63) is 0 Å². The van der Waals surface area contributed by atoms with E-state index in [9.17, 15) is 4.79 Å². The van der Waals surface area contributed by atoms with Crippen LogP contribution in [0.15, 0.2) is 0 Å². The maximum absolute atomic E-state index is 10.0. The molecule has 0 bridgehead atoms. The summed E-state index contributed by atoms with van der Waals surface area (Å²) >= 11 is 0. The van der Waals surface area contributed by atoms with Gasteiger partial charge >= 0.3 is 5.97 Å². The van der Waals surface area contributed by atoms with Crippen LogP contribution in [-0.4, -0.2) is 24.2 Å². The standard InChI is InChI=1S/C7H15NO2/c1-2-8-6-4-3-5-7(9)10/h8H,2-6H2,1H3,(H,9,10). The summed E-state index contributed by atoms with van der Waals surface area (Å²) in [6.07, 6.45) is 2.04. The molecule has 0 heterocycles. The molecule has 10 heavy (non-hydrogen) atoms. The summed E-state index contributed by atoms with van der Waals surface area (Å²) in [5.41, 5.74) is 0. The zero-order chi connectivity index (χ0) is 7.82. The predicted octanol–water partition coefficient (Wildman–Crippen LogP) is 0.851. The Bertz CT molecular complexity index is 93.6. The normalized spacial score (nSPS) is 9.70. The van der Waals surface area contributed by atoms with Gasteiger partial charge < -0.3 is 10.4 Å². The molecule has 0 rings (SSSR count). The monoisotopic (exact) mass is 145 g/mol. The van der Waals surface area contributed by atoms with Gasteiger partial charge in [-0.25, -0.2) is 0 Å². The number of carboxylic acids is 1. The smallest absolute Gasteiger partial charge is 0.303 e. The number of rotatable bonds is 6. The van der Waals surface area contributed by atoms with Crippen LogP contribution in [0.4, 0.5) is 0 Å². The van der Waals surface area contributed by atoms with Crippen LogP contribution in [0.2, 0.25) is 0 Å². The fourth-order valence-electron chi connectivity index (χ4n) is 0.703. The molecule has 0 aliphatic heterocycles. The van der Waals surface area contributed by atoms with Crippen molar-refractivity contribution in [1.29, 1.82) is 0 Å². The lowest BCUT2D eigenvalue weighted by Gasteiger charge is -1.98. The first-order valence-corrected chi connectivity index (χ1v) is 3.70.